The SMILES string of the molecule is CC(C)(C)S(=O)(=O)N[C@@H](C[C@H]1CO1)c1ccccc1. The molecule has 106 valence electrons. The first-order chi connectivity index (χ1) is 8.79. The van der Waals surface area contributed by atoms with E-state index in [1.165, 1.54) is 0 Å². The van der Waals surface area contributed by atoms with Crippen molar-refractivity contribution in [1.82, 2.24) is 4.72 Å². The van der Waals surface area contributed by atoms with Crippen LogP contribution in [0.25, 0.3) is 0 Å². The summed E-state index contributed by atoms with van der Waals surface area (Å²) in [7, 11) is -3.37. The predicted molar refractivity (Wildman–Crippen MR) is 75.3 cm³/mol. The van der Waals surface area contributed by atoms with Gasteiger partial charge in [0.1, 0.15) is 0 Å². The van der Waals surface area contributed by atoms with E-state index in [4.69, 9.17) is 4.74 Å². The number of sulfonamides is 1. The van der Waals surface area contributed by atoms with Crippen LogP contribution in [0.3, 0.4) is 0 Å². The van der Waals surface area contributed by atoms with Crippen molar-refractivity contribution in [3.05, 3.63) is 35.9 Å². The molecule has 4 nitrogen and oxygen atoms in total. The van der Waals surface area contributed by atoms with Crippen molar-refractivity contribution < 1.29 is 13.2 Å². The maximum absolute atomic E-state index is 12.3. The minimum atomic E-state index is -3.37. The van der Waals surface area contributed by atoms with Crippen molar-refractivity contribution in [2.24, 2.45) is 0 Å². The van der Waals surface area contributed by atoms with Gasteiger partial charge in [-0.25, -0.2) is 13.1 Å². The molecule has 1 saturated heterocycles. The summed E-state index contributed by atoms with van der Waals surface area (Å²) in [6, 6.07) is 9.42. The molecule has 1 aromatic carbocycles. The molecule has 1 fully saturated rings. The molecule has 0 saturated carbocycles. The lowest BCUT2D eigenvalue weighted by molar-refractivity contribution is 0.374. The fourth-order valence-corrected chi connectivity index (χ4v) is 2.73. The van der Waals surface area contributed by atoms with Crippen LogP contribution in [0.2, 0.25) is 0 Å². The van der Waals surface area contributed by atoms with Gasteiger partial charge in [0, 0.05) is 6.04 Å². The van der Waals surface area contributed by atoms with Crippen LogP contribution in [0.15, 0.2) is 30.3 Å². The summed E-state index contributed by atoms with van der Waals surface area (Å²) in [6.45, 7) is 5.82. The summed E-state index contributed by atoms with van der Waals surface area (Å²) in [5.74, 6) is 0. The smallest absolute Gasteiger partial charge is 0.217 e. The van der Waals surface area contributed by atoms with E-state index >= 15 is 0 Å². The van der Waals surface area contributed by atoms with Crippen molar-refractivity contribution in [3.8, 4) is 0 Å². The van der Waals surface area contributed by atoms with Crippen molar-refractivity contribution >= 4 is 10.0 Å². The highest BCUT2D eigenvalue weighted by Gasteiger charge is 2.34. The Kier molecular flexibility index (Phi) is 3.99. The molecular formula is C14H21NO3S. The van der Waals surface area contributed by atoms with Crippen LogP contribution >= 0.6 is 0 Å². The Hall–Kier alpha value is -0.910. The van der Waals surface area contributed by atoms with Crippen molar-refractivity contribution in [2.45, 2.75) is 44.1 Å². The minimum absolute atomic E-state index is 0.174. The van der Waals surface area contributed by atoms with Gasteiger partial charge in [-0.1, -0.05) is 30.3 Å². The van der Waals surface area contributed by atoms with Gasteiger partial charge >= 0.3 is 0 Å². The van der Waals surface area contributed by atoms with Crippen LogP contribution in [0.5, 0.6) is 0 Å². The first-order valence-corrected chi connectivity index (χ1v) is 7.96. The number of hydrogen-bond acceptors (Lipinski definition) is 3. The molecule has 0 aliphatic carbocycles. The molecule has 0 aromatic heterocycles. The zero-order valence-electron chi connectivity index (χ0n) is 11.6. The number of rotatable bonds is 5. The van der Waals surface area contributed by atoms with E-state index < -0.39 is 14.8 Å². The second-order valence-electron chi connectivity index (χ2n) is 5.89. The van der Waals surface area contributed by atoms with Crippen LogP contribution in [0.1, 0.15) is 38.8 Å². The molecule has 1 aliphatic heterocycles. The lowest BCUT2D eigenvalue weighted by atomic mass is 10.0. The normalized spacial score (nSPS) is 21.1. The summed E-state index contributed by atoms with van der Waals surface area (Å²) >= 11 is 0. The Morgan fingerprint density at radius 1 is 1.32 bits per heavy atom. The van der Waals surface area contributed by atoms with Gasteiger partial charge in [0.25, 0.3) is 0 Å². The summed E-state index contributed by atoms with van der Waals surface area (Å²) in [5, 5.41) is 0. The Morgan fingerprint density at radius 2 is 1.89 bits per heavy atom. The lowest BCUT2D eigenvalue weighted by Gasteiger charge is -2.25. The zero-order chi connectivity index (χ0) is 14.1. The van der Waals surface area contributed by atoms with Gasteiger partial charge < -0.3 is 4.74 Å². The Balaban J connectivity index is 2.19. The summed E-state index contributed by atoms with van der Waals surface area (Å²) < 4.78 is 31.8. The van der Waals surface area contributed by atoms with E-state index in [-0.39, 0.29) is 12.1 Å². The fourth-order valence-electron chi connectivity index (χ4n) is 1.77. The molecule has 0 amide bonds. The highest BCUT2D eigenvalue weighted by atomic mass is 32.2. The van der Waals surface area contributed by atoms with E-state index in [1.807, 2.05) is 30.3 Å². The van der Waals surface area contributed by atoms with Gasteiger partial charge in [-0.3, -0.25) is 0 Å². The average molecular weight is 283 g/mol. The topological polar surface area (TPSA) is 58.7 Å². The highest BCUT2D eigenvalue weighted by molar-refractivity contribution is 7.90. The second-order valence-corrected chi connectivity index (χ2v) is 8.36. The van der Waals surface area contributed by atoms with Gasteiger partial charge in [0.2, 0.25) is 10.0 Å². The van der Waals surface area contributed by atoms with Gasteiger partial charge in [-0.05, 0) is 32.8 Å². The number of hydrogen-bond donors (Lipinski definition) is 1. The molecule has 0 bridgehead atoms. The van der Waals surface area contributed by atoms with Gasteiger partial charge in [-0.2, -0.15) is 0 Å². The maximum Gasteiger partial charge on any atom is 0.217 e. The Bertz CT molecular complexity index is 515. The third kappa shape index (κ3) is 3.78. The van der Waals surface area contributed by atoms with E-state index in [9.17, 15) is 8.42 Å². The molecule has 1 heterocycles. The van der Waals surface area contributed by atoms with E-state index in [0.29, 0.717) is 6.42 Å². The number of epoxide rings is 1. The van der Waals surface area contributed by atoms with E-state index in [2.05, 4.69) is 4.72 Å². The van der Waals surface area contributed by atoms with Crippen LogP contribution < -0.4 is 4.72 Å². The van der Waals surface area contributed by atoms with Gasteiger partial charge in [-0.15, -0.1) is 0 Å². The number of nitrogens with one attached hydrogen (secondary N) is 1. The van der Waals surface area contributed by atoms with Crippen molar-refractivity contribution in [3.63, 3.8) is 0 Å². The quantitative estimate of drug-likeness (QED) is 0.843. The minimum Gasteiger partial charge on any atom is -0.373 e. The third-order valence-corrected chi connectivity index (χ3v) is 5.41. The van der Waals surface area contributed by atoms with Crippen LogP contribution in [0, 0.1) is 0 Å². The molecule has 1 aliphatic rings. The Morgan fingerprint density at radius 3 is 2.37 bits per heavy atom. The van der Waals surface area contributed by atoms with Crippen LogP contribution in [-0.2, 0) is 14.8 Å². The van der Waals surface area contributed by atoms with E-state index in [0.717, 1.165) is 12.2 Å². The number of ether oxygens (including phenoxy) is 1. The first-order valence-electron chi connectivity index (χ1n) is 6.48. The fraction of sp³-hybridized carbons (Fsp3) is 0.571. The molecule has 19 heavy (non-hydrogen) atoms. The lowest BCUT2D eigenvalue weighted by Crippen LogP contribution is -2.41. The van der Waals surface area contributed by atoms with Crippen molar-refractivity contribution in [1.29, 1.82) is 0 Å². The highest BCUT2D eigenvalue weighted by Crippen LogP contribution is 2.28. The van der Waals surface area contributed by atoms with Gasteiger partial charge in [0.05, 0.1) is 17.5 Å². The molecular weight excluding hydrogens is 262 g/mol. The molecule has 2 atom stereocenters. The summed E-state index contributed by atoms with van der Waals surface area (Å²) in [5.41, 5.74) is 0.978. The van der Waals surface area contributed by atoms with Crippen LogP contribution in [-0.4, -0.2) is 25.9 Å². The predicted octanol–water partition coefficient (Wildman–Crippen LogP) is 2.23. The monoisotopic (exact) mass is 283 g/mol. The molecule has 2 rings (SSSR count). The molecule has 1 N–H and O–H groups in total. The average Bonchev–Trinajstić information content (AvgIpc) is 3.11. The molecule has 1 aromatic rings. The largest absolute Gasteiger partial charge is 0.373 e. The molecule has 0 spiro atoms. The summed E-state index contributed by atoms with van der Waals surface area (Å²) in [6.07, 6.45) is 0.854. The van der Waals surface area contributed by atoms with E-state index in [1.54, 1.807) is 20.8 Å². The molecule has 0 unspecified atom stereocenters. The standard InChI is InChI=1S/C14H21NO3S/c1-14(2,3)19(16,17)15-13(9-12-10-18-12)11-7-5-4-6-8-11/h4-8,12-13,15H,9-10H2,1-3H3/t12-,13-/m0/s1. The second kappa shape index (κ2) is 5.23. The third-order valence-electron chi connectivity index (χ3n) is 3.21. The zero-order valence-corrected chi connectivity index (χ0v) is 12.4. The van der Waals surface area contributed by atoms with Crippen LogP contribution in [0.4, 0.5) is 0 Å². The Labute approximate surface area is 115 Å². The summed E-state index contributed by atoms with van der Waals surface area (Å²) in [4.78, 5) is 0. The first kappa shape index (κ1) is 14.5. The van der Waals surface area contributed by atoms with Gasteiger partial charge in [0.15, 0.2) is 0 Å². The van der Waals surface area contributed by atoms with Crippen molar-refractivity contribution in [2.75, 3.05) is 6.61 Å². The molecule has 5 heteroatoms. The maximum atomic E-state index is 12.3. The molecule has 0 radical (unpaired) electrons. The number of benzene rings is 1.